The van der Waals surface area contributed by atoms with Gasteiger partial charge in [0.2, 0.25) is 0 Å². The highest BCUT2D eigenvalue weighted by Gasteiger charge is 2.24. The summed E-state index contributed by atoms with van der Waals surface area (Å²) < 4.78 is 16.0. The minimum Gasteiger partial charge on any atom is -0.504 e. The molecule has 4 nitrogen and oxygen atoms in total. The molecule has 0 radical (unpaired) electrons. The van der Waals surface area contributed by atoms with Crippen LogP contribution in [0.4, 0.5) is 0 Å². The Morgan fingerprint density at radius 1 is 1.50 bits per heavy atom. The molecule has 1 saturated heterocycles. The second kappa shape index (κ2) is 4.72. The first-order valence-electron chi connectivity index (χ1n) is 5.32. The van der Waals surface area contributed by atoms with Crippen LogP contribution in [-0.4, -0.2) is 31.2 Å². The third-order valence-corrected chi connectivity index (χ3v) is 2.59. The van der Waals surface area contributed by atoms with Crippen LogP contribution < -0.4 is 4.74 Å². The standard InChI is InChI=1S/C12H16O4/c1-8-7-15-11(16-8)6-9-4-3-5-10(14-2)12(9)13/h3-5,8,11,13H,6-7H2,1-2H3. The lowest BCUT2D eigenvalue weighted by Gasteiger charge is -2.12. The van der Waals surface area contributed by atoms with E-state index in [0.717, 1.165) is 5.56 Å². The molecule has 0 spiro atoms. The molecule has 0 aromatic heterocycles. The molecule has 16 heavy (non-hydrogen) atoms. The van der Waals surface area contributed by atoms with Gasteiger partial charge in [0, 0.05) is 12.0 Å². The van der Waals surface area contributed by atoms with Crippen LogP contribution in [0.25, 0.3) is 0 Å². The van der Waals surface area contributed by atoms with E-state index in [-0.39, 0.29) is 18.1 Å². The SMILES string of the molecule is COc1cccc(CC2OCC(C)O2)c1O. The Balaban J connectivity index is 2.09. The van der Waals surface area contributed by atoms with Crippen LogP contribution in [0.1, 0.15) is 12.5 Å². The molecule has 2 atom stereocenters. The molecule has 1 heterocycles. The van der Waals surface area contributed by atoms with E-state index in [0.29, 0.717) is 18.8 Å². The summed E-state index contributed by atoms with van der Waals surface area (Å²) in [5, 5.41) is 9.88. The summed E-state index contributed by atoms with van der Waals surface area (Å²) in [5.41, 5.74) is 0.776. The normalized spacial score (nSPS) is 24.6. The number of hydrogen-bond acceptors (Lipinski definition) is 4. The predicted octanol–water partition coefficient (Wildman–Crippen LogP) is 1.70. The average molecular weight is 224 g/mol. The van der Waals surface area contributed by atoms with Crippen molar-refractivity contribution < 1.29 is 19.3 Å². The molecule has 2 unspecified atom stereocenters. The van der Waals surface area contributed by atoms with Gasteiger partial charge in [-0.25, -0.2) is 0 Å². The van der Waals surface area contributed by atoms with Gasteiger partial charge in [-0.3, -0.25) is 0 Å². The van der Waals surface area contributed by atoms with E-state index in [2.05, 4.69) is 0 Å². The van der Waals surface area contributed by atoms with Gasteiger partial charge in [0.1, 0.15) is 0 Å². The Morgan fingerprint density at radius 3 is 2.94 bits per heavy atom. The molecular formula is C12H16O4. The number of rotatable bonds is 3. The largest absolute Gasteiger partial charge is 0.504 e. The number of hydrogen-bond donors (Lipinski definition) is 1. The Labute approximate surface area is 94.8 Å². The highest BCUT2D eigenvalue weighted by Crippen LogP contribution is 2.31. The fraction of sp³-hybridized carbons (Fsp3) is 0.500. The summed E-state index contributed by atoms with van der Waals surface area (Å²) in [7, 11) is 1.53. The zero-order valence-corrected chi connectivity index (χ0v) is 9.47. The quantitative estimate of drug-likeness (QED) is 0.849. The van der Waals surface area contributed by atoms with Gasteiger partial charge in [0.25, 0.3) is 0 Å². The van der Waals surface area contributed by atoms with E-state index in [4.69, 9.17) is 14.2 Å². The number of para-hydroxylation sites is 1. The van der Waals surface area contributed by atoms with E-state index in [1.807, 2.05) is 19.1 Å². The maximum Gasteiger partial charge on any atom is 0.162 e. The van der Waals surface area contributed by atoms with Gasteiger partial charge in [-0.2, -0.15) is 0 Å². The summed E-state index contributed by atoms with van der Waals surface area (Å²) in [4.78, 5) is 0. The van der Waals surface area contributed by atoms with Crippen LogP contribution in [0.2, 0.25) is 0 Å². The monoisotopic (exact) mass is 224 g/mol. The first-order chi connectivity index (χ1) is 7.70. The second-order valence-electron chi connectivity index (χ2n) is 3.88. The number of phenols is 1. The van der Waals surface area contributed by atoms with Crippen LogP contribution in [0.5, 0.6) is 11.5 Å². The molecule has 1 aromatic rings. The number of benzene rings is 1. The zero-order chi connectivity index (χ0) is 11.5. The van der Waals surface area contributed by atoms with Crippen molar-refractivity contribution in [2.24, 2.45) is 0 Å². The fourth-order valence-electron chi connectivity index (χ4n) is 1.76. The molecule has 88 valence electrons. The molecule has 0 saturated carbocycles. The van der Waals surface area contributed by atoms with Crippen molar-refractivity contribution in [1.29, 1.82) is 0 Å². The van der Waals surface area contributed by atoms with Gasteiger partial charge in [0.05, 0.1) is 19.8 Å². The van der Waals surface area contributed by atoms with Gasteiger partial charge in [-0.1, -0.05) is 12.1 Å². The van der Waals surface area contributed by atoms with Crippen molar-refractivity contribution in [3.8, 4) is 11.5 Å². The molecule has 1 aliphatic rings. The number of phenolic OH excluding ortho intramolecular Hbond substituents is 1. The fourth-order valence-corrected chi connectivity index (χ4v) is 1.76. The van der Waals surface area contributed by atoms with Gasteiger partial charge in [-0.05, 0) is 13.0 Å². The summed E-state index contributed by atoms with van der Waals surface area (Å²) in [6.45, 7) is 2.57. The highest BCUT2D eigenvalue weighted by molar-refractivity contribution is 5.45. The minimum atomic E-state index is -0.270. The van der Waals surface area contributed by atoms with Gasteiger partial charge >= 0.3 is 0 Å². The van der Waals surface area contributed by atoms with E-state index in [1.54, 1.807) is 6.07 Å². The molecule has 0 amide bonds. The third-order valence-electron chi connectivity index (χ3n) is 2.59. The van der Waals surface area contributed by atoms with Crippen molar-refractivity contribution in [2.45, 2.75) is 25.7 Å². The summed E-state index contributed by atoms with van der Waals surface area (Å²) in [5.74, 6) is 0.639. The topological polar surface area (TPSA) is 47.9 Å². The molecule has 1 fully saturated rings. The second-order valence-corrected chi connectivity index (χ2v) is 3.88. The maximum absolute atomic E-state index is 9.88. The lowest BCUT2D eigenvalue weighted by molar-refractivity contribution is -0.0531. The van der Waals surface area contributed by atoms with Crippen molar-refractivity contribution in [3.63, 3.8) is 0 Å². The predicted molar refractivity (Wildman–Crippen MR) is 58.6 cm³/mol. The molecule has 4 heteroatoms. The van der Waals surface area contributed by atoms with E-state index < -0.39 is 0 Å². The van der Waals surface area contributed by atoms with Crippen molar-refractivity contribution in [1.82, 2.24) is 0 Å². The van der Waals surface area contributed by atoms with Crippen LogP contribution in [0.3, 0.4) is 0 Å². The van der Waals surface area contributed by atoms with Crippen molar-refractivity contribution >= 4 is 0 Å². The third kappa shape index (κ3) is 2.28. The first-order valence-corrected chi connectivity index (χ1v) is 5.32. The lowest BCUT2D eigenvalue weighted by Crippen LogP contribution is -2.13. The maximum atomic E-state index is 9.88. The van der Waals surface area contributed by atoms with E-state index in [9.17, 15) is 5.11 Å². The number of ether oxygens (including phenoxy) is 3. The van der Waals surface area contributed by atoms with Crippen LogP contribution in [0.15, 0.2) is 18.2 Å². The molecule has 1 N–H and O–H groups in total. The van der Waals surface area contributed by atoms with Crippen LogP contribution in [0, 0.1) is 0 Å². The Hall–Kier alpha value is -1.26. The average Bonchev–Trinajstić information content (AvgIpc) is 2.67. The minimum absolute atomic E-state index is 0.123. The molecule has 1 aromatic carbocycles. The molecule has 1 aliphatic heterocycles. The Bertz CT molecular complexity index is 364. The van der Waals surface area contributed by atoms with Gasteiger partial charge < -0.3 is 19.3 Å². The molecular weight excluding hydrogens is 208 g/mol. The first kappa shape index (κ1) is 11.2. The molecule has 2 rings (SSSR count). The Morgan fingerprint density at radius 2 is 2.31 bits per heavy atom. The Kier molecular flexibility index (Phi) is 3.31. The number of methoxy groups -OCH3 is 1. The van der Waals surface area contributed by atoms with E-state index >= 15 is 0 Å². The van der Waals surface area contributed by atoms with Gasteiger partial charge in [0.15, 0.2) is 17.8 Å². The zero-order valence-electron chi connectivity index (χ0n) is 9.47. The van der Waals surface area contributed by atoms with Crippen molar-refractivity contribution in [3.05, 3.63) is 23.8 Å². The summed E-state index contributed by atoms with van der Waals surface area (Å²) in [6, 6.07) is 5.40. The van der Waals surface area contributed by atoms with Crippen LogP contribution >= 0.6 is 0 Å². The van der Waals surface area contributed by atoms with E-state index in [1.165, 1.54) is 7.11 Å². The highest BCUT2D eigenvalue weighted by atomic mass is 16.7. The molecule has 0 bridgehead atoms. The summed E-state index contributed by atoms with van der Waals surface area (Å²) >= 11 is 0. The van der Waals surface area contributed by atoms with Gasteiger partial charge in [-0.15, -0.1) is 0 Å². The smallest absolute Gasteiger partial charge is 0.162 e. The van der Waals surface area contributed by atoms with Crippen molar-refractivity contribution in [2.75, 3.05) is 13.7 Å². The lowest BCUT2D eigenvalue weighted by atomic mass is 10.1. The summed E-state index contributed by atoms with van der Waals surface area (Å²) in [6.07, 6.45) is 0.388. The molecule has 0 aliphatic carbocycles. The number of aromatic hydroxyl groups is 1. The van der Waals surface area contributed by atoms with Crippen LogP contribution in [-0.2, 0) is 15.9 Å².